The summed E-state index contributed by atoms with van der Waals surface area (Å²) in [7, 11) is -7.94. The lowest BCUT2D eigenvalue weighted by atomic mass is 10.2. The van der Waals surface area contributed by atoms with Crippen LogP contribution in [0.1, 0.15) is 11.1 Å². The van der Waals surface area contributed by atoms with Crippen molar-refractivity contribution in [2.24, 2.45) is 5.14 Å². The van der Waals surface area contributed by atoms with E-state index in [-0.39, 0.29) is 22.0 Å². The number of hydrogen-bond acceptors (Lipinski definition) is 5. The van der Waals surface area contributed by atoms with E-state index in [1.54, 1.807) is 12.1 Å². The van der Waals surface area contributed by atoms with Gasteiger partial charge in [0.2, 0.25) is 26.0 Å². The predicted octanol–water partition coefficient (Wildman–Crippen LogP) is 2.61. The lowest BCUT2D eigenvalue weighted by Gasteiger charge is -2.22. The molecule has 8 nitrogen and oxygen atoms in total. The van der Waals surface area contributed by atoms with Crippen LogP contribution in [-0.2, 0) is 31.4 Å². The van der Waals surface area contributed by atoms with Crippen LogP contribution in [0.5, 0.6) is 0 Å². The molecule has 0 unspecified atom stereocenters. The van der Waals surface area contributed by atoms with E-state index in [9.17, 15) is 26.0 Å². The molecule has 0 heterocycles. The van der Waals surface area contributed by atoms with Gasteiger partial charge in [-0.05, 0) is 61.0 Å². The van der Waals surface area contributed by atoms with E-state index in [1.807, 2.05) is 6.92 Å². The summed E-state index contributed by atoms with van der Waals surface area (Å²) in [6.45, 7) is 1.14. The van der Waals surface area contributed by atoms with Crippen LogP contribution in [0.25, 0.3) is 0 Å². The highest BCUT2D eigenvalue weighted by Gasteiger charge is 2.27. The minimum atomic E-state index is -4.06. The zero-order chi connectivity index (χ0) is 24.2. The van der Waals surface area contributed by atoms with Crippen LogP contribution in [0, 0.1) is 12.7 Å². The van der Waals surface area contributed by atoms with Crippen molar-refractivity contribution in [2.75, 3.05) is 11.9 Å². The number of nitrogens with two attached hydrogens (primary N) is 1. The fourth-order valence-corrected chi connectivity index (χ4v) is 4.87. The van der Waals surface area contributed by atoms with Gasteiger partial charge in [-0.3, -0.25) is 4.79 Å². The first-order valence-corrected chi connectivity index (χ1v) is 12.7. The normalized spacial score (nSPS) is 12.0. The van der Waals surface area contributed by atoms with Crippen LogP contribution in [0.3, 0.4) is 0 Å². The van der Waals surface area contributed by atoms with E-state index in [4.69, 9.17) is 5.14 Å². The number of nitrogens with one attached hydrogen (secondary N) is 1. The molecule has 0 atom stereocenters. The molecule has 3 aromatic carbocycles. The Hall–Kier alpha value is -3.12. The van der Waals surface area contributed by atoms with Crippen LogP contribution >= 0.6 is 0 Å². The Morgan fingerprint density at radius 3 is 1.97 bits per heavy atom. The van der Waals surface area contributed by atoms with Gasteiger partial charge in [0.05, 0.1) is 16.3 Å². The number of carbonyl (C=O) groups is 1. The lowest BCUT2D eigenvalue weighted by molar-refractivity contribution is -0.116. The summed E-state index contributed by atoms with van der Waals surface area (Å²) in [6, 6.07) is 16.6. The maximum absolute atomic E-state index is 13.3. The lowest BCUT2D eigenvalue weighted by Crippen LogP contribution is -2.37. The Labute approximate surface area is 192 Å². The summed E-state index contributed by atoms with van der Waals surface area (Å²) in [6.07, 6.45) is 0. The molecule has 0 aliphatic rings. The molecule has 0 aromatic heterocycles. The summed E-state index contributed by atoms with van der Waals surface area (Å²) in [5, 5.41) is 7.60. The van der Waals surface area contributed by atoms with Gasteiger partial charge in [-0.25, -0.2) is 26.4 Å². The largest absolute Gasteiger partial charge is 0.325 e. The number of sulfonamides is 2. The first-order chi connectivity index (χ1) is 15.4. The second-order valence-electron chi connectivity index (χ2n) is 7.33. The first-order valence-electron chi connectivity index (χ1n) is 9.69. The molecule has 0 aliphatic carbocycles. The fourth-order valence-electron chi connectivity index (χ4n) is 2.97. The fraction of sp³-hybridized carbons (Fsp3) is 0.136. The van der Waals surface area contributed by atoms with Gasteiger partial charge in [-0.1, -0.05) is 29.8 Å². The number of nitrogens with zero attached hydrogens (tertiary/aromatic N) is 1. The van der Waals surface area contributed by atoms with E-state index in [0.717, 1.165) is 9.87 Å². The summed E-state index contributed by atoms with van der Waals surface area (Å²) >= 11 is 0. The van der Waals surface area contributed by atoms with Crippen molar-refractivity contribution in [3.8, 4) is 0 Å². The van der Waals surface area contributed by atoms with Crippen LogP contribution < -0.4 is 10.5 Å². The van der Waals surface area contributed by atoms with Crippen molar-refractivity contribution in [3.63, 3.8) is 0 Å². The van der Waals surface area contributed by atoms with Gasteiger partial charge in [0.25, 0.3) is 0 Å². The standard InChI is InChI=1S/C22H22FN3O5S2/c1-16-2-10-21(11-3-16)33(30,31)26(14-17-4-6-18(23)7-5-17)15-22(27)25-19-8-12-20(13-9-19)32(24,28)29/h2-13H,14-15H2,1H3,(H,25,27)(H2,24,28,29). The molecule has 11 heteroatoms. The average molecular weight is 492 g/mol. The highest BCUT2D eigenvalue weighted by Crippen LogP contribution is 2.20. The zero-order valence-corrected chi connectivity index (χ0v) is 19.2. The minimum Gasteiger partial charge on any atom is -0.325 e. The SMILES string of the molecule is Cc1ccc(S(=O)(=O)N(CC(=O)Nc2ccc(S(N)(=O)=O)cc2)Cc2ccc(F)cc2)cc1. The molecule has 0 spiro atoms. The third-order valence-electron chi connectivity index (χ3n) is 4.72. The highest BCUT2D eigenvalue weighted by atomic mass is 32.2. The summed E-state index contributed by atoms with van der Waals surface area (Å²) < 4.78 is 63.5. The molecule has 3 aromatic rings. The van der Waals surface area contributed by atoms with Crippen molar-refractivity contribution in [2.45, 2.75) is 23.3 Å². The Balaban J connectivity index is 1.84. The number of aryl methyl sites for hydroxylation is 1. The number of carbonyl (C=O) groups excluding carboxylic acids is 1. The molecule has 0 aliphatic heterocycles. The molecule has 0 fully saturated rings. The molecule has 3 N–H and O–H groups in total. The molecular weight excluding hydrogens is 469 g/mol. The number of amides is 1. The second-order valence-corrected chi connectivity index (χ2v) is 10.8. The number of hydrogen-bond donors (Lipinski definition) is 2. The molecule has 0 bridgehead atoms. The number of rotatable bonds is 8. The monoisotopic (exact) mass is 491 g/mol. The number of primary sulfonamides is 1. The van der Waals surface area contributed by atoms with Crippen LogP contribution in [0.4, 0.5) is 10.1 Å². The van der Waals surface area contributed by atoms with Crippen LogP contribution in [-0.4, -0.2) is 33.6 Å². The molecular formula is C22H22FN3O5S2. The molecule has 0 saturated heterocycles. The van der Waals surface area contributed by atoms with E-state index in [0.29, 0.717) is 5.56 Å². The maximum Gasteiger partial charge on any atom is 0.243 e. The van der Waals surface area contributed by atoms with Crippen molar-refractivity contribution >= 4 is 31.6 Å². The molecule has 1 amide bonds. The first kappa shape index (κ1) is 24.5. The van der Waals surface area contributed by atoms with Crippen molar-refractivity contribution in [3.05, 3.63) is 89.7 Å². The Kier molecular flexibility index (Phi) is 7.28. The molecule has 3 rings (SSSR count). The van der Waals surface area contributed by atoms with Gasteiger partial charge < -0.3 is 5.32 Å². The number of anilines is 1. The Morgan fingerprint density at radius 2 is 1.42 bits per heavy atom. The van der Waals surface area contributed by atoms with E-state index >= 15 is 0 Å². The zero-order valence-electron chi connectivity index (χ0n) is 17.6. The van der Waals surface area contributed by atoms with Crippen molar-refractivity contribution in [1.82, 2.24) is 4.31 Å². The summed E-state index contributed by atoms with van der Waals surface area (Å²) in [5.41, 5.74) is 1.64. The second kappa shape index (κ2) is 9.79. The summed E-state index contributed by atoms with van der Waals surface area (Å²) in [5.74, 6) is -1.11. The predicted molar refractivity (Wildman–Crippen MR) is 122 cm³/mol. The van der Waals surface area contributed by atoms with E-state index < -0.39 is 38.3 Å². The number of benzene rings is 3. The third-order valence-corrected chi connectivity index (χ3v) is 7.45. The van der Waals surface area contributed by atoms with Gasteiger partial charge in [0.15, 0.2) is 0 Å². The van der Waals surface area contributed by atoms with Gasteiger partial charge in [-0.2, -0.15) is 4.31 Å². The quantitative estimate of drug-likeness (QED) is 0.501. The molecule has 0 saturated carbocycles. The Morgan fingerprint density at radius 1 is 0.879 bits per heavy atom. The number of halogens is 1. The van der Waals surface area contributed by atoms with Gasteiger partial charge in [0, 0.05) is 12.2 Å². The smallest absolute Gasteiger partial charge is 0.243 e. The van der Waals surface area contributed by atoms with Gasteiger partial charge >= 0.3 is 0 Å². The van der Waals surface area contributed by atoms with Gasteiger partial charge in [-0.15, -0.1) is 0 Å². The summed E-state index contributed by atoms with van der Waals surface area (Å²) in [4.78, 5) is 12.6. The topological polar surface area (TPSA) is 127 Å². The van der Waals surface area contributed by atoms with E-state index in [1.165, 1.54) is 60.7 Å². The highest BCUT2D eigenvalue weighted by molar-refractivity contribution is 7.89. The third kappa shape index (κ3) is 6.45. The minimum absolute atomic E-state index is 0.0144. The molecule has 0 radical (unpaired) electrons. The van der Waals surface area contributed by atoms with Crippen molar-refractivity contribution < 1.29 is 26.0 Å². The maximum atomic E-state index is 13.3. The molecule has 174 valence electrons. The van der Waals surface area contributed by atoms with Crippen LogP contribution in [0.15, 0.2) is 82.6 Å². The van der Waals surface area contributed by atoms with Gasteiger partial charge in [0.1, 0.15) is 5.82 Å². The average Bonchev–Trinajstić information content (AvgIpc) is 2.75. The molecule has 33 heavy (non-hydrogen) atoms. The van der Waals surface area contributed by atoms with Crippen molar-refractivity contribution in [1.29, 1.82) is 0 Å². The van der Waals surface area contributed by atoms with E-state index in [2.05, 4.69) is 5.32 Å². The Bertz CT molecular complexity index is 1340. The van der Waals surface area contributed by atoms with Crippen LogP contribution in [0.2, 0.25) is 0 Å².